The molecule has 40 heavy (non-hydrogen) atoms. The Balaban J connectivity index is 1.40. The topological polar surface area (TPSA) is 92.2 Å². The monoisotopic (exact) mass is 563 g/mol. The number of methoxy groups -OCH3 is 2. The van der Waals surface area contributed by atoms with E-state index in [1.165, 1.54) is 32.5 Å². The second kappa shape index (κ2) is 9.06. The SMILES string of the molecule is COc1ncc(-c2cc(C3CC3c3ccc4c(C(F)(F)F)cn(CC(F)(F)F)c4n3)c3nccn3n2)c(OC)n1. The quantitative estimate of drug-likeness (QED) is 0.255. The van der Waals surface area contributed by atoms with Gasteiger partial charge in [0.15, 0.2) is 5.65 Å². The second-order valence-electron chi connectivity index (χ2n) is 9.30. The van der Waals surface area contributed by atoms with Crippen LogP contribution in [0, 0.1) is 0 Å². The van der Waals surface area contributed by atoms with Gasteiger partial charge in [0, 0.05) is 47.3 Å². The van der Waals surface area contributed by atoms with E-state index < -0.39 is 24.5 Å². The molecule has 1 aliphatic carbocycles. The van der Waals surface area contributed by atoms with Gasteiger partial charge in [0.1, 0.15) is 12.2 Å². The van der Waals surface area contributed by atoms with Crippen LogP contribution in [0.15, 0.2) is 43.0 Å². The van der Waals surface area contributed by atoms with Crippen LogP contribution < -0.4 is 9.47 Å². The number of aromatic nitrogens is 7. The molecule has 2 atom stereocenters. The zero-order valence-electron chi connectivity index (χ0n) is 20.8. The highest BCUT2D eigenvalue weighted by atomic mass is 19.4. The molecule has 15 heteroatoms. The van der Waals surface area contributed by atoms with E-state index in [0.29, 0.717) is 39.8 Å². The Bertz CT molecular complexity index is 1740. The first-order valence-corrected chi connectivity index (χ1v) is 11.9. The van der Waals surface area contributed by atoms with Gasteiger partial charge in [-0.3, -0.25) is 0 Å². The lowest BCUT2D eigenvalue weighted by molar-refractivity contribution is -0.143. The first-order valence-electron chi connectivity index (χ1n) is 11.9. The van der Waals surface area contributed by atoms with Crippen LogP contribution in [0.4, 0.5) is 26.3 Å². The van der Waals surface area contributed by atoms with Gasteiger partial charge in [-0.05, 0) is 30.5 Å². The van der Waals surface area contributed by atoms with Gasteiger partial charge < -0.3 is 14.0 Å². The fourth-order valence-corrected chi connectivity index (χ4v) is 4.92. The highest BCUT2D eigenvalue weighted by Crippen LogP contribution is 2.55. The second-order valence-corrected chi connectivity index (χ2v) is 9.30. The maximum atomic E-state index is 13.5. The fourth-order valence-electron chi connectivity index (χ4n) is 4.92. The van der Waals surface area contributed by atoms with E-state index in [2.05, 4.69) is 25.0 Å². The molecule has 5 aromatic heterocycles. The van der Waals surface area contributed by atoms with E-state index in [0.717, 1.165) is 5.56 Å². The summed E-state index contributed by atoms with van der Waals surface area (Å²) < 4.78 is 92.6. The summed E-state index contributed by atoms with van der Waals surface area (Å²) in [5.74, 6) is -0.178. The number of imidazole rings is 1. The molecular weight excluding hydrogens is 544 g/mol. The van der Waals surface area contributed by atoms with Crippen LogP contribution in [0.5, 0.6) is 11.9 Å². The number of hydrogen-bond donors (Lipinski definition) is 0. The molecule has 1 aliphatic rings. The molecule has 6 rings (SSSR count). The molecule has 0 aromatic carbocycles. The molecule has 0 amide bonds. The molecule has 2 unspecified atom stereocenters. The molecule has 1 fully saturated rings. The van der Waals surface area contributed by atoms with E-state index in [-0.39, 0.29) is 34.8 Å². The summed E-state index contributed by atoms with van der Waals surface area (Å²) in [6.07, 6.45) is -3.79. The normalized spacial score (nSPS) is 17.5. The molecule has 0 spiro atoms. The first kappa shape index (κ1) is 25.8. The van der Waals surface area contributed by atoms with Gasteiger partial charge in [-0.1, -0.05) is 0 Å². The van der Waals surface area contributed by atoms with Crippen LogP contribution in [-0.2, 0) is 12.7 Å². The number of alkyl halides is 6. The minimum atomic E-state index is -4.83. The third-order valence-electron chi connectivity index (χ3n) is 6.74. The summed E-state index contributed by atoms with van der Waals surface area (Å²) in [6, 6.07) is 4.53. The van der Waals surface area contributed by atoms with Crippen LogP contribution in [-0.4, -0.2) is 54.5 Å². The Kier molecular flexibility index (Phi) is 5.85. The van der Waals surface area contributed by atoms with Crippen LogP contribution >= 0.6 is 0 Å². The lowest BCUT2D eigenvalue weighted by Gasteiger charge is -2.11. The first-order chi connectivity index (χ1) is 19.0. The molecule has 0 radical (unpaired) electrons. The van der Waals surface area contributed by atoms with Crippen molar-refractivity contribution in [2.24, 2.45) is 0 Å². The van der Waals surface area contributed by atoms with E-state index in [4.69, 9.17) is 9.47 Å². The summed E-state index contributed by atoms with van der Waals surface area (Å²) in [7, 11) is 2.87. The predicted molar refractivity (Wildman–Crippen MR) is 128 cm³/mol. The summed E-state index contributed by atoms with van der Waals surface area (Å²) in [4.78, 5) is 17.0. The highest BCUT2D eigenvalue weighted by molar-refractivity contribution is 5.81. The van der Waals surface area contributed by atoms with E-state index in [1.807, 2.05) is 0 Å². The van der Waals surface area contributed by atoms with Gasteiger partial charge >= 0.3 is 18.4 Å². The number of rotatable bonds is 6. The van der Waals surface area contributed by atoms with Crippen molar-refractivity contribution in [2.75, 3.05) is 14.2 Å². The molecule has 5 heterocycles. The lowest BCUT2D eigenvalue weighted by atomic mass is 10.1. The van der Waals surface area contributed by atoms with Gasteiger partial charge in [0.05, 0.1) is 31.0 Å². The molecule has 0 saturated heterocycles. The van der Waals surface area contributed by atoms with Gasteiger partial charge in [-0.15, -0.1) is 0 Å². The van der Waals surface area contributed by atoms with Crippen molar-refractivity contribution in [3.05, 3.63) is 59.8 Å². The Morgan fingerprint density at radius 1 is 0.975 bits per heavy atom. The van der Waals surface area contributed by atoms with Crippen molar-refractivity contribution < 1.29 is 35.8 Å². The predicted octanol–water partition coefficient (Wildman–Crippen LogP) is 5.41. The largest absolute Gasteiger partial charge is 0.480 e. The van der Waals surface area contributed by atoms with Crippen molar-refractivity contribution in [2.45, 2.75) is 37.2 Å². The number of nitrogens with zero attached hydrogens (tertiary/aromatic N) is 7. The van der Waals surface area contributed by atoms with Crippen molar-refractivity contribution in [1.29, 1.82) is 0 Å². The summed E-state index contributed by atoms with van der Waals surface area (Å²) in [5.41, 5.74) is 1.17. The van der Waals surface area contributed by atoms with Gasteiger partial charge in [-0.25, -0.2) is 19.5 Å². The minimum absolute atomic E-state index is 0.109. The number of hydrogen-bond acceptors (Lipinski definition) is 7. The molecule has 5 aromatic rings. The average Bonchev–Trinajstić information content (AvgIpc) is 3.41. The lowest BCUT2D eigenvalue weighted by Crippen LogP contribution is -2.17. The number of ether oxygens (including phenoxy) is 2. The molecule has 0 aliphatic heterocycles. The fraction of sp³-hybridized carbons (Fsp3) is 0.320. The average molecular weight is 563 g/mol. The number of pyridine rings is 1. The van der Waals surface area contributed by atoms with E-state index in [1.54, 1.807) is 23.0 Å². The molecule has 208 valence electrons. The molecule has 0 bridgehead atoms. The van der Waals surface area contributed by atoms with E-state index >= 15 is 0 Å². The third kappa shape index (κ3) is 4.54. The summed E-state index contributed by atoms with van der Waals surface area (Å²) in [6.45, 7) is -1.59. The number of halogens is 6. The Morgan fingerprint density at radius 3 is 2.48 bits per heavy atom. The standard InChI is InChI=1S/C25H19F6N7O2/c1-39-22-16(9-33-23(35-22)40-2)19-8-15(20-32-5-6-38(20)36-19)13-7-14(13)18-4-3-12-17(25(29,30)31)10-37(21(12)34-18)11-24(26,27)28/h3-6,8-10,13-14H,7,11H2,1-2H3. The van der Waals surface area contributed by atoms with Crippen molar-refractivity contribution in [1.82, 2.24) is 34.1 Å². The molecule has 1 saturated carbocycles. The van der Waals surface area contributed by atoms with Crippen molar-refractivity contribution in [3.63, 3.8) is 0 Å². The third-order valence-corrected chi connectivity index (χ3v) is 6.74. The Hall–Kier alpha value is -4.43. The number of fused-ring (bicyclic) bond motifs is 2. The van der Waals surface area contributed by atoms with Crippen LogP contribution in [0.2, 0.25) is 0 Å². The Morgan fingerprint density at radius 2 is 1.77 bits per heavy atom. The van der Waals surface area contributed by atoms with E-state index in [9.17, 15) is 26.3 Å². The van der Waals surface area contributed by atoms with Gasteiger partial charge in [0.25, 0.3) is 0 Å². The van der Waals surface area contributed by atoms with Crippen LogP contribution in [0.3, 0.4) is 0 Å². The van der Waals surface area contributed by atoms with Gasteiger partial charge in [-0.2, -0.15) is 36.4 Å². The summed E-state index contributed by atoms with van der Waals surface area (Å²) >= 11 is 0. The molecule has 0 N–H and O–H groups in total. The minimum Gasteiger partial charge on any atom is -0.480 e. The summed E-state index contributed by atoms with van der Waals surface area (Å²) in [5, 5.41) is 4.19. The zero-order chi connectivity index (χ0) is 28.4. The highest BCUT2D eigenvalue weighted by Gasteiger charge is 2.43. The van der Waals surface area contributed by atoms with Crippen LogP contribution in [0.25, 0.3) is 27.9 Å². The Labute approximate surface area is 221 Å². The van der Waals surface area contributed by atoms with Crippen molar-refractivity contribution >= 4 is 16.7 Å². The smallest absolute Gasteiger partial charge is 0.418 e. The maximum Gasteiger partial charge on any atom is 0.418 e. The zero-order valence-corrected chi connectivity index (χ0v) is 20.8. The molecular formula is C25H19F6N7O2. The maximum absolute atomic E-state index is 13.5. The molecule has 9 nitrogen and oxygen atoms in total. The van der Waals surface area contributed by atoms with Crippen LogP contribution in [0.1, 0.15) is 35.1 Å². The van der Waals surface area contributed by atoms with Gasteiger partial charge in [0.2, 0.25) is 5.88 Å². The van der Waals surface area contributed by atoms with Crippen molar-refractivity contribution in [3.8, 4) is 23.1 Å².